The number of benzene rings is 1. The summed E-state index contributed by atoms with van der Waals surface area (Å²) in [6.07, 6.45) is 0.276. The summed E-state index contributed by atoms with van der Waals surface area (Å²) in [6.45, 7) is 5.27. The summed E-state index contributed by atoms with van der Waals surface area (Å²) in [5.74, 6) is -2.05. The molecule has 5 heteroatoms. The Bertz CT molecular complexity index is 430. The number of esters is 1. The quantitative estimate of drug-likeness (QED) is 0.618. The van der Waals surface area contributed by atoms with Crippen molar-refractivity contribution < 1.29 is 18.3 Å². The number of hydrogen-bond acceptors (Lipinski definition) is 2. The van der Waals surface area contributed by atoms with E-state index in [1.807, 2.05) is 0 Å². The monoisotopic (exact) mass is 276 g/mol. The molecule has 0 aromatic heterocycles. The van der Waals surface area contributed by atoms with Gasteiger partial charge in [-0.15, -0.1) is 0 Å². The topological polar surface area (TPSA) is 26.3 Å². The Morgan fingerprint density at radius 1 is 1.28 bits per heavy atom. The molecule has 0 unspecified atom stereocenters. The third-order valence-electron chi connectivity index (χ3n) is 2.08. The van der Waals surface area contributed by atoms with Gasteiger partial charge in [0.15, 0.2) is 0 Å². The third kappa shape index (κ3) is 4.61. The molecule has 0 aliphatic carbocycles. The number of halogens is 3. The second-order valence-electron chi connectivity index (χ2n) is 4.96. The second kappa shape index (κ2) is 5.65. The lowest BCUT2D eigenvalue weighted by molar-refractivity contribution is -0.154. The molecule has 0 aliphatic rings. The largest absolute Gasteiger partial charge is 0.460 e. The van der Waals surface area contributed by atoms with Gasteiger partial charge in [0.2, 0.25) is 0 Å². The molecule has 0 spiro atoms. The van der Waals surface area contributed by atoms with Crippen molar-refractivity contribution in [3.8, 4) is 0 Å². The third-order valence-corrected chi connectivity index (χ3v) is 2.44. The van der Waals surface area contributed by atoms with Gasteiger partial charge in [0, 0.05) is 6.42 Å². The number of carbonyl (C=O) groups excluding carboxylic acids is 1. The van der Waals surface area contributed by atoms with Crippen LogP contribution in [0.15, 0.2) is 12.1 Å². The summed E-state index contributed by atoms with van der Waals surface area (Å²) in [5.41, 5.74) is -0.187. The zero-order chi connectivity index (χ0) is 13.9. The van der Waals surface area contributed by atoms with E-state index in [9.17, 15) is 13.6 Å². The first-order valence-electron chi connectivity index (χ1n) is 5.54. The second-order valence-corrected chi connectivity index (χ2v) is 5.34. The molecule has 18 heavy (non-hydrogen) atoms. The molecule has 1 aromatic carbocycles. The van der Waals surface area contributed by atoms with Gasteiger partial charge in [-0.25, -0.2) is 8.78 Å². The van der Waals surface area contributed by atoms with Gasteiger partial charge < -0.3 is 4.74 Å². The fourth-order valence-corrected chi connectivity index (χ4v) is 1.50. The summed E-state index contributed by atoms with van der Waals surface area (Å²) in [4.78, 5) is 11.4. The van der Waals surface area contributed by atoms with Crippen LogP contribution in [-0.2, 0) is 16.0 Å². The first kappa shape index (κ1) is 14.9. The van der Waals surface area contributed by atoms with E-state index >= 15 is 0 Å². The van der Waals surface area contributed by atoms with Gasteiger partial charge in [-0.2, -0.15) is 0 Å². The van der Waals surface area contributed by atoms with Crippen LogP contribution in [0.2, 0.25) is 5.02 Å². The number of ether oxygens (including phenoxy) is 1. The number of hydrogen-bond donors (Lipinski definition) is 0. The molecule has 0 atom stereocenters. The SMILES string of the molecule is CC(C)(C)OC(=O)CCc1cc(F)c(Cl)c(F)c1. The van der Waals surface area contributed by atoms with Crippen LogP contribution in [-0.4, -0.2) is 11.6 Å². The lowest BCUT2D eigenvalue weighted by Gasteiger charge is -2.19. The van der Waals surface area contributed by atoms with Gasteiger partial charge in [-0.05, 0) is 44.9 Å². The predicted octanol–water partition coefficient (Wildman–Crippen LogP) is 3.89. The average Bonchev–Trinajstić information content (AvgIpc) is 2.20. The highest BCUT2D eigenvalue weighted by molar-refractivity contribution is 6.30. The molecule has 100 valence electrons. The number of carbonyl (C=O) groups is 1. The normalized spacial score (nSPS) is 11.4. The van der Waals surface area contributed by atoms with Crippen molar-refractivity contribution in [3.05, 3.63) is 34.4 Å². The Hall–Kier alpha value is -1.16. The Kier molecular flexibility index (Phi) is 4.68. The molecule has 0 amide bonds. The first-order chi connectivity index (χ1) is 8.19. The Labute approximate surface area is 110 Å². The van der Waals surface area contributed by atoms with Gasteiger partial charge in [0.25, 0.3) is 0 Å². The van der Waals surface area contributed by atoms with Gasteiger partial charge in [0.1, 0.15) is 22.3 Å². The molecule has 0 heterocycles. The van der Waals surface area contributed by atoms with Crippen LogP contribution in [0, 0.1) is 11.6 Å². The van der Waals surface area contributed by atoms with Crippen molar-refractivity contribution in [1.29, 1.82) is 0 Å². The predicted molar refractivity (Wildman–Crippen MR) is 65.5 cm³/mol. The summed E-state index contributed by atoms with van der Waals surface area (Å²) in [6, 6.07) is 2.24. The molecule has 1 rings (SSSR count). The van der Waals surface area contributed by atoms with E-state index in [-0.39, 0.29) is 12.8 Å². The Balaban J connectivity index is 2.62. The molecule has 0 bridgehead atoms. The van der Waals surface area contributed by atoms with E-state index in [4.69, 9.17) is 16.3 Å². The maximum absolute atomic E-state index is 13.1. The lowest BCUT2D eigenvalue weighted by atomic mass is 10.1. The molecule has 0 aliphatic heterocycles. The molecule has 0 radical (unpaired) electrons. The number of aryl methyl sites for hydroxylation is 1. The van der Waals surface area contributed by atoms with Crippen LogP contribution >= 0.6 is 11.6 Å². The zero-order valence-electron chi connectivity index (χ0n) is 10.5. The van der Waals surface area contributed by atoms with Crippen molar-refractivity contribution in [1.82, 2.24) is 0 Å². The van der Waals surface area contributed by atoms with Crippen LogP contribution < -0.4 is 0 Å². The molecule has 0 saturated carbocycles. The molecule has 0 fully saturated rings. The fourth-order valence-electron chi connectivity index (χ4n) is 1.39. The summed E-state index contributed by atoms with van der Waals surface area (Å²) < 4.78 is 31.4. The van der Waals surface area contributed by atoms with Gasteiger partial charge in [0.05, 0.1) is 0 Å². The van der Waals surface area contributed by atoms with Crippen LogP contribution in [0.3, 0.4) is 0 Å². The maximum atomic E-state index is 13.1. The average molecular weight is 277 g/mol. The van der Waals surface area contributed by atoms with Gasteiger partial charge >= 0.3 is 5.97 Å². The standard InChI is InChI=1S/C13H15ClF2O2/c1-13(2,3)18-11(17)5-4-8-6-9(15)12(14)10(16)7-8/h6-7H,4-5H2,1-3H3. The van der Waals surface area contributed by atoms with E-state index in [1.165, 1.54) is 0 Å². The van der Waals surface area contributed by atoms with Crippen molar-refractivity contribution in [2.75, 3.05) is 0 Å². The van der Waals surface area contributed by atoms with E-state index < -0.39 is 28.2 Å². The Morgan fingerprint density at radius 3 is 2.22 bits per heavy atom. The fraction of sp³-hybridized carbons (Fsp3) is 0.462. The smallest absolute Gasteiger partial charge is 0.306 e. The van der Waals surface area contributed by atoms with Gasteiger partial charge in [-0.3, -0.25) is 4.79 Å². The van der Waals surface area contributed by atoms with Crippen LogP contribution in [0.1, 0.15) is 32.8 Å². The summed E-state index contributed by atoms with van der Waals surface area (Å²) >= 11 is 5.36. The zero-order valence-corrected chi connectivity index (χ0v) is 11.3. The Morgan fingerprint density at radius 2 is 1.78 bits per heavy atom. The van der Waals surface area contributed by atoms with Crippen LogP contribution in [0.5, 0.6) is 0 Å². The van der Waals surface area contributed by atoms with Crippen LogP contribution in [0.4, 0.5) is 8.78 Å². The minimum atomic E-state index is -0.823. The van der Waals surface area contributed by atoms with E-state index in [2.05, 4.69) is 0 Å². The molecular formula is C13H15ClF2O2. The van der Waals surface area contributed by atoms with Crippen molar-refractivity contribution in [2.24, 2.45) is 0 Å². The van der Waals surface area contributed by atoms with Crippen molar-refractivity contribution >= 4 is 17.6 Å². The number of rotatable bonds is 3. The van der Waals surface area contributed by atoms with E-state index in [0.717, 1.165) is 12.1 Å². The summed E-state index contributed by atoms with van der Waals surface area (Å²) in [5, 5.41) is -0.531. The maximum Gasteiger partial charge on any atom is 0.306 e. The summed E-state index contributed by atoms with van der Waals surface area (Å²) in [7, 11) is 0. The van der Waals surface area contributed by atoms with Crippen molar-refractivity contribution in [2.45, 2.75) is 39.2 Å². The van der Waals surface area contributed by atoms with E-state index in [1.54, 1.807) is 20.8 Å². The minimum Gasteiger partial charge on any atom is -0.460 e. The highest BCUT2D eigenvalue weighted by atomic mass is 35.5. The van der Waals surface area contributed by atoms with Crippen molar-refractivity contribution in [3.63, 3.8) is 0 Å². The van der Waals surface area contributed by atoms with E-state index in [0.29, 0.717) is 5.56 Å². The molecule has 2 nitrogen and oxygen atoms in total. The molecule has 0 saturated heterocycles. The molecular weight excluding hydrogens is 262 g/mol. The lowest BCUT2D eigenvalue weighted by Crippen LogP contribution is -2.24. The molecule has 1 aromatic rings. The van der Waals surface area contributed by atoms with Gasteiger partial charge in [-0.1, -0.05) is 11.6 Å². The highest BCUT2D eigenvalue weighted by Crippen LogP contribution is 2.21. The van der Waals surface area contributed by atoms with Crippen LogP contribution in [0.25, 0.3) is 0 Å². The first-order valence-corrected chi connectivity index (χ1v) is 5.92. The highest BCUT2D eigenvalue weighted by Gasteiger charge is 2.16. The minimum absolute atomic E-state index is 0.0672. The molecule has 0 N–H and O–H groups in total.